The molecular weight excluding hydrogens is 229 g/mol. The standard InChI is InChI=1S/C15H16FNO/c1-10-7-11(4-6-15(10)18-2)12-3-5-14(16)13(8-12)9-17/h3-8H,9,17H2,1-2H3. The van der Waals surface area contributed by atoms with Gasteiger partial charge in [0.15, 0.2) is 0 Å². The Kier molecular flexibility index (Phi) is 3.63. The number of hydrogen-bond donors (Lipinski definition) is 1. The molecule has 0 unspecified atom stereocenters. The summed E-state index contributed by atoms with van der Waals surface area (Å²) in [5.41, 5.74) is 9.08. The van der Waals surface area contributed by atoms with Crippen molar-refractivity contribution in [3.05, 3.63) is 53.3 Å². The molecule has 0 aliphatic heterocycles. The molecule has 0 saturated heterocycles. The van der Waals surface area contributed by atoms with Crippen molar-refractivity contribution in [1.29, 1.82) is 0 Å². The summed E-state index contributed by atoms with van der Waals surface area (Å²) in [6.07, 6.45) is 0. The lowest BCUT2D eigenvalue weighted by atomic mass is 10.0. The number of methoxy groups -OCH3 is 1. The molecule has 2 rings (SSSR count). The zero-order valence-corrected chi connectivity index (χ0v) is 10.5. The lowest BCUT2D eigenvalue weighted by molar-refractivity contribution is 0.412. The molecule has 0 bridgehead atoms. The molecule has 18 heavy (non-hydrogen) atoms. The molecule has 0 saturated carbocycles. The molecule has 0 aliphatic rings. The first-order valence-corrected chi connectivity index (χ1v) is 5.79. The zero-order valence-electron chi connectivity index (χ0n) is 10.5. The summed E-state index contributed by atoms with van der Waals surface area (Å²) in [5.74, 6) is 0.589. The Morgan fingerprint density at radius 2 is 1.78 bits per heavy atom. The van der Waals surface area contributed by atoms with Crippen molar-refractivity contribution in [2.75, 3.05) is 7.11 Å². The second kappa shape index (κ2) is 5.19. The summed E-state index contributed by atoms with van der Waals surface area (Å²) in [6, 6.07) is 10.9. The van der Waals surface area contributed by atoms with Crippen LogP contribution < -0.4 is 10.5 Å². The van der Waals surface area contributed by atoms with E-state index < -0.39 is 0 Å². The Morgan fingerprint density at radius 3 is 2.39 bits per heavy atom. The normalized spacial score (nSPS) is 10.4. The van der Waals surface area contributed by atoms with Gasteiger partial charge in [0.05, 0.1) is 7.11 Å². The average molecular weight is 245 g/mol. The van der Waals surface area contributed by atoms with Crippen LogP contribution in [0.1, 0.15) is 11.1 Å². The third-order valence-corrected chi connectivity index (χ3v) is 2.99. The van der Waals surface area contributed by atoms with E-state index >= 15 is 0 Å². The molecule has 0 spiro atoms. The quantitative estimate of drug-likeness (QED) is 0.900. The van der Waals surface area contributed by atoms with Crippen molar-refractivity contribution < 1.29 is 9.13 Å². The highest BCUT2D eigenvalue weighted by Gasteiger charge is 2.06. The van der Waals surface area contributed by atoms with Crippen LogP contribution in [0.3, 0.4) is 0 Å². The van der Waals surface area contributed by atoms with Gasteiger partial charge in [-0.1, -0.05) is 12.1 Å². The monoisotopic (exact) mass is 245 g/mol. The fraction of sp³-hybridized carbons (Fsp3) is 0.200. The predicted octanol–water partition coefficient (Wildman–Crippen LogP) is 3.27. The highest BCUT2D eigenvalue weighted by atomic mass is 19.1. The van der Waals surface area contributed by atoms with Gasteiger partial charge in [0, 0.05) is 12.1 Å². The summed E-state index contributed by atoms with van der Waals surface area (Å²) in [4.78, 5) is 0. The van der Waals surface area contributed by atoms with Gasteiger partial charge in [0.25, 0.3) is 0 Å². The van der Waals surface area contributed by atoms with Crippen LogP contribution in [-0.2, 0) is 6.54 Å². The van der Waals surface area contributed by atoms with Gasteiger partial charge in [-0.05, 0) is 47.9 Å². The largest absolute Gasteiger partial charge is 0.496 e. The molecule has 0 fully saturated rings. The SMILES string of the molecule is COc1ccc(-c2ccc(F)c(CN)c2)cc1C. The third kappa shape index (κ3) is 2.36. The van der Waals surface area contributed by atoms with E-state index in [0.29, 0.717) is 5.56 Å². The van der Waals surface area contributed by atoms with Crippen LogP contribution in [0.25, 0.3) is 11.1 Å². The second-order valence-corrected chi connectivity index (χ2v) is 4.19. The van der Waals surface area contributed by atoms with E-state index in [4.69, 9.17) is 10.5 Å². The summed E-state index contributed by atoms with van der Waals surface area (Å²) in [6.45, 7) is 2.19. The first-order chi connectivity index (χ1) is 8.65. The van der Waals surface area contributed by atoms with Gasteiger partial charge >= 0.3 is 0 Å². The summed E-state index contributed by atoms with van der Waals surface area (Å²) in [5, 5.41) is 0. The Morgan fingerprint density at radius 1 is 1.11 bits per heavy atom. The number of nitrogens with two attached hydrogens (primary N) is 1. The molecule has 0 amide bonds. The molecule has 2 N–H and O–H groups in total. The number of hydrogen-bond acceptors (Lipinski definition) is 2. The number of aryl methyl sites for hydroxylation is 1. The molecule has 0 atom stereocenters. The first kappa shape index (κ1) is 12.6. The maximum atomic E-state index is 13.4. The topological polar surface area (TPSA) is 35.2 Å². The summed E-state index contributed by atoms with van der Waals surface area (Å²) in [7, 11) is 1.65. The highest BCUT2D eigenvalue weighted by Crippen LogP contribution is 2.27. The van der Waals surface area contributed by atoms with Gasteiger partial charge in [-0.15, -0.1) is 0 Å². The second-order valence-electron chi connectivity index (χ2n) is 4.19. The highest BCUT2D eigenvalue weighted by molar-refractivity contribution is 5.66. The van der Waals surface area contributed by atoms with Crippen LogP contribution in [0.15, 0.2) is 36.4 Å². The Hall–Kier alpha value is -1.87. The van der Waals surface area contributed by atoms with E-state index in [0.717, 1.165) is 22.4 Å². The molecule has 2 aromatic rings. The van der Waals surface area contributed by atoms with E-state index in [1.807, 2.05) is 25.1 Å². The minimum Gasteiger partial charge on any atom is -0.496 e. The van der Waals surface area contributed by atoms with Crippen molar-refractivity contribution >= 4 is 0 Å². The molecule has 2 nitrogen and oxygen atoms in total. The average Bonchev–Trinajstić information content (AvgIpc) is 2.39. The van der Waals surface area contributed by atoms with Gasteiger partial charge in [0.2, 0.25) is 0 Å². The van der Waals surface area contributed by atoms with E-state index in [1.165, 1.54) is 6.07 Å². The molecule has 0 heterocycles. The lowest BCUT2D eigenvalue weighted by Gasteiger charge is -2.09. The molecule has 0 aliphatic carbocycles. The van der Waals surface area contributed by atoms with Gasteiger partial charge in [-0.2, -0.15) is 0 Å². The van der Waals surface area contributed by atoms with Crippen LogP contribution in [-0.4, -0.2) is 7.11 Å². The third-order valence-electron chi connectivity index (χ3n) is 2.99. The van der Waals surface area contributed by atoms with E-state index in [-0.39, 0.29) is 12.4 Å². The van der Waals surface area contributed by atoms with E-state index in [1.54, 1.807) is 19.2 Å². The fourth-order valence-corrected chi connectivity index (χ4v) is 1.97. The lowest BCUT2D eigenvalue weighted by Crippen LogP contribution is -1.99. The van der Waals surface area contributed by atoms with Crippen molar-refractivity contribution in [3.63, 3.8) is 0 Å². The number of halogens is 1. The predicted molar refractivity (Wildman–Crippen MR) is 71.0 cm³/mol. The Labute approximate surface area is 106 Å². The summed E-state index contributed by atoms with van der Waals surface area (Å²) >= 11 is 0. The Bertz CT molecular complexity index is 566. The minimum absolute atomic E-state index is 0.203. The molecule has 94 valence electrons. The smallest absolute Gasteiger partial charge is 0.127 e. The van der Waals surface area contributed by atoms with Crippen molar-refractivity contribution in [2.45, 2.75) is 13.5 Å². The molecular formula is C15H16FNO. The van der Waals surface area contributed by atoms with Crippen LogP contribution in [0.5, 0.6) is 5.75 Å². The van der Waals surface area contributed by atoms with Crippen LogP contribution >= 0.6 is 0 Å². The number of rotatable bonds is 3. The molecule has 2 aromatic carbocycles. The van der Waals surface area contributed by atoms with Crippen molar-refractivity contribution in [1.82, 2.24) is 0 Å². The maximum absolute atomic E-state index is 13.4. The van der Waals surface area contributed by atoms with Crippen LogP contribution in [0.4, 0.5) is 4.39 Å². The maximum Gasteiger partial charge on any atom is 0.127 e. The first-order valence-electron chi connectivity index (χ1n) is 5.79. The number of ether oxygens (including phenoxy) is 1. The van der Waals surface area contributed by atoms with Gasteiger partial charge < -0.3 is 10.5 Å². The van der Waals surface area contributed by atoms with E-state index in [9.17, 15) is 4.39 Å². The van der Waals surface area contributed by atoms with Crippen molar-refractivity contribution in [3.8, 4) is 16.9 Å². The molecule has 3 heteroatoms. The van der Waals surface area contributed by atoms with Gasteiger partial charge in [-0.25, -0.2) is 4.39 Å². The molecule has 0 radical (unpaired) electrons. The summed E-state index contributed by atoms with van der Waals surface area (Å²) < 4.78 is 18.6. The van der Waals surface area contributed by atoms with Crippen molar-refractivity contribution in [2.24, 2.45) is 5.73 Å². The minimum atomic E-state index is -0.258. The van der Waals surface area contributed by atoms with Gasteiger partial charge in [-0.3, -0.25) is 0 Å². The molecule has 0 aromatic heterocycles. The van der Waals surface area contributed by atoms with Gasteiger partial charge in [0.1, 0.15) is 11.6 Å². The van der Waals surface area contributed by atoms with Crippen LogP contribution in [0.2, 0.25) is 0 Å². The Balaban J connectivity index is 2.45. The zero-order chi connectivity index (χ0) is 13.1. The van der Waals surface area contributed by atoms with E-state index in [2.05, 4.69) is 0 Å². The van der Waals surface area contributed by atoms with Crippen LogP contribution in [0, 0.1) is 12.7 Å². The fourth-order valence-electron chi connectivity index (χ4n) is 1.97. The number of benzene rings is 2.